The Labute approximate surface area is 105 Å². The highest BCUT2D eigenvalue weighted by molar-refractivity contribution is 9.10. The van der Waals surface area contributed by atoms with Crippen molar-refractivity contribution in [3.63, 3.8) is 0 Å². The molecule has 4 heteroatoms. The number of rotatable bonds is 5. The van der Waals surface area contributed by atoms with Crippen LogP contribution in [0, 0.1) is 5.82 Å². The summed E-state index contributed by atoms with van der Waals surface area (Å²) in [4.78, 5) is 2.21. The van der Waals surface area contributed by atoms with Gasteiger partial charge in [0.15, 0.2) is 0 Å². The molecule has 90 valence electrons. The highest BCUT2D eigenvalue weighted by atomic mass is 79.9. The average Bonchev–Trinajstić information content (AvgIpc) is 2.25. The lowest BCUT2D eigenvalue weighted by molar-refractivity contribution is 0.259. The quantitative estimate of drug-likeness (QED) is 0.903. The number of benzene rings is 1. The first-order valence-corrected chi connectivity index (χ1v) is 6.20. The summed E-state index contributed by atoms with van der Waals surface area (Å²) >= 11 is 3.39. The molecule has 0 aliphatic heterocycles. The first-order valence-electron chi connectivity index (χ1n) is 5.41. The van der Waals surface area contributed by atoms with E-state index in [1.54, 1.807) is 0 Å². The smallest absolute Gasteiger partial charge is 0.124 e. The van der Waals surface area contributed by atoms with Crippen LogP contribution in [-0.2, 0) is 0 Å². The molecule has 0 heterocycles. The molecule has 0 amide bonds. The molecule has 2 N–H and O–H groups in total. The third kappa shape index (κ3) is 3.54. The van der Waals surface area contributed by atoms with Crippen molar-refractivity contribution in [3.05, 3.63) is 34.1 Å². The topological polar surface area (TPSA) is 29.3 Å². The van der Waals surface area contributed by atoms with Gasteiger partial charge in [-0.2, -0.15) is 0 Å². The normalized spacial score (nSPS) is 13.1. The lowest BCUT2D eigenvalue weighted by Gasteiger charge is -2.25. The standard InChI is InChI=1S/C12H18BrFN2/c1-9(16(2)7-3-6-15)11-5-4-10(14)8-12(11)13/h4-5,8-9H,3,6-7,15H2,1-2H3. The molecule has 0 saturated carbocycles. The van der Waals surface area contributed by atoms with E-state index in [1.807, 2.05) is 6.07 Å². The summed E-state index contributed by atoms with van der Waals surface area (Å²) in [5, 5.41) is 0. The molecule has 0 bridgehead atoms. The van der Waals surface area contributed by atoms with Crippen molar-refractivity contribution >= 4 is 15.9 Å². The minimum atomic E-state index is -0.215. The molecule has 1 aromatic rings. The zero-order valence-corrected chi connectivity index (χ0v) is 11.3. The maximum Gasteiger partial charge on any atom is 0.124 e. The third-order valence-corrected chi connectivity index (χ3v) is 3.48. The van der Waals surface area contributed by atoms with Crippen molar-refractivity contribution in [2.24, 2.45) is 5.73 Å². The van der Waals surface area contributed by atoms with E-state index in [2.05, 4.69) is 34.8 Å². The second-order valence-corrected chi connectivity index (χ2v) is 4.82. The van der Waals surface area contributed by atoms with Crippen molar-refractivity contribution in [1.82, 2.24) is 4.90 Å². The molecule has 2 nitrogen and oxygen atoms in total. The summed E-state index contributed by atoms with van der Waals surface area (Å²) in [5.41, 5.74) is 6.58. The summed E-state index contributed by atoms with van der Waals surface area (Å²) in [6.07, 6.45) is 0.972. The fourth-order valence-corrected chi connectivity index (χ4v) is 2.29. The van der Waals surface area contributed by atoms with Crippen LogP contribution in [0.3, 0.4) is 0 Å². The largest absolute Gasteiger partial charge is 0.330 e. The number of nitrogens with two attached hydrogens (primary N) is 1. The second kappa shape index (κ2) is 6.33. The summed E-state index contributed by atoms with van der Waals surface area (Å²) < 4.78 is 13.8. The highest BCUT2D eigenvalue weighted by Crippen LogP contribution is 2.27. The van der Waals surface area contributed by atoms with Crippen LogP contribution in [0.25, 0.3) is 0 Å². The third-order valence-electron chi connectivity index (χ3n) is 2.79. The van der Waals surface area contributed by atoms with Gasteiger partial charge in [0.1, 0.15) is 5.82 Å². The first kappa shape index (κ1) is 13.6. The zero-order chi connectivity index (χ0) is 12.1. The summed E-state index contributed by atoms with van der Waals surface area (Å²) in [5.74, 6) is -0.215. The van der Waals surface area contributed by atoms with E-state index in [4.69, 9.17) is 5.73 Å². The predicted octanol–water partition coefficient (Wildman–Crippen LogP) is 2.93. The molecular weight excluding hydrogens is 271 g/mol. The van der Waals surface area contributed by atoms with E-state index in [9.17, 15) is 4.39 Å². The van der Waals surface area contributed by atoms with Gasteiger partial charge in [-0.1, -0.05) is 22.0 Å². The molecule has 0 aliphatic rings. The van der Waals surface area contributed by atoms with Crippen LogP contribution in [0.4, 0.5) is 4.39 Å². The molecule has 1 unspecified atom stereocenters. The second-order valence-electron chi connectivity index (χ2n) is 3.96. The van der Waals surface area contributed by atoms with Gasteiger partial charge in [0.05, 0.1) is 0 Å². The summed E-state index contributed by atoms with van der Waals surface area (Å²) in [6, 6.07) is 5.07. The Balaban J connectivity index is 2.75. The van der Waals surface area contributed by atoms with Crippen molar-refractivity contribution in [2.75, 3.05) is 20.1 Å². The van der Waals surface area contributed by atoms with Gasteiger partial charge >= 0.3 is 0 Å². The van der Waals surface area contributed by atoms with Crippen LogP contribution in [0.1, 0.15) is 24.9 Å². The van der Waals surface area contributed by atoms with E-state index in [-0.39, 0.29) is 11.9 Å². The Morgan fingerprint density at radius 2 is 2.19 bits per heavy atom. The maximum absolute atomic E-state index is 13.0. The van der Waals surface area contributed by atoms with E-state index in [1.165, 1.54) is 12.1 Å². The van der Waals surface area contributed by atoms with Gasteiger partial charge in [0.25, 0.3) is 0 Å². The van der Waals surface area contributed by atoms with Gasteiger partial charge in [0, 0.05) is 10.5 Å². The van der Waals surface area contributed by atoms with Crippen LogP contribution in [0.15, 0.2) is 22.7 Å². The Bertz CT molecular complexity index is 344. The van der Waals surface area contributed by atoms with Gasteiger partial charge in [-0.15, -0.1) is 0 Å². The molecule has 1 aromatic carbocycles. The van der Waals surface area contributed by atoms with Crippen molar-refractivity contribution in [1.29, 1.82) is 0 Å². The van der Waals surface area contributed by atoms with E-state index < -0.39 is 0 Å². The molecule has 1 rings (SSSR count). The van der Waals surface area contributed by atoms with Gasteiger partial charge < -0.3 is 5.73 Å². The van der Waals surface area contributed by atoms with Gasteiger partial charge in [-0.05, 0) is 51.2 Å². The Morgan fingerprint density at radius 1 is 1.50 bits per heavy atom. The lowest BCUT2D eigenvalue weighted by Crippen LogP contribution is -2.25. The molecule has 0 spiro atoms. The molecule has 0 aromatic heterocycles. The van der Waals surface area contributed by atoms with Gasteiger partial charge in [0.2, 0.25) is 0 Å². The number of nitrogens with zero attached hydrogens (tertiary/aromatic N) is 1. The summed E-state index contributed by atoms with van der Waals surface area (Å²) in [7, 11) is 2.05. The summed E-state index contributed by atoms with van der Waals surface area (Å²) in [6.45, 7) is 3.75. The molecule has 16 heavy (non-hydrogen) atoms. The monoisotopic (exact) mass is 288 g/mol. The Hall–Kier alpha value is -0.450. The highest BCUT2D eigenvalue weighted by Gasteiger charge is 2.14. The fourth-order valence-electron chi connectivity index (χ4n) is 1.61. The average molecular weight is 289 g/mol. The van der Waals surface area contributed by atoms with E-state index >= 15 is 0 Å². The van der Waals surface area contributed by atoms with Gasteiger partial charge in [-0.3, -0.25) is 4.90 Å². The Kier molecular flexibility index (Phi) is 5.38. The van der Waals surface area contributed by atoms with E-state index in [0.29, 0.717) is 6.54 Å². The number of hydrogen-bond acceptors (Lipinski definition) is 2. The van der Waals surface area contributed by atoms with Crippen LogP contribution in [-0.4, -0.2) is 25.0 Å². The Morgan fingerprint density at radius 3 is 2.75 bits per heavy atom. The van der Waals surface area contributed by atoms with Gasteiger partial charge in [-0.25, -0.2) is 4.39 Å². The van der Waals surface area contributed by atoms with Crippen molar-refractivity contribution in [2.45, 2.75) is 19.4 Å². The SMILES string of the molecule is CC(c1ccc(F)cc1Br)N(C)CCCN. The maximum atomic E-state index is 13.0. The van der Waals surface area contributed by atoms with Crippen molar-refractivity contribution in [3.8, 4) is 0 Å². The number of hydrogen-bond donors (Lipinski definition) is 1. The van der Waals surface area contributed by atoms with Crippen molar-refractivity contribution < 1.29 is 4.39 Å². The predicted molar refractivity (Wildman–Crippen MR) is 68.8 cm³/mol. The number of halogens is 2. The van der Waals surface area contributed by atoms with Crippen LogP contribution >= 0.6 is 15.9 Å². The molecule has 0 radical (unpaired) electrons. The lowest BCUT2D eigenvalue weighted by atomic mass is 10.1. The first-order chi connectivity index (χ1) is 7.56. The van der Waals surface area contributed by atoms with Crippen LogP contribution < -0.4 is 5.73 Å². The minimum Gasteiger partial charge on any atom is -0.330 e. The molecule has 0 aliphatic carbocycles. The van der Waals surface area contributed by atoms with Crippen LogP contribution in [0.2, 0.25) is 0 Å². The molecule has 0 saturated heterocycles. The molecule has 0 fully saturated rings. The zero-order valence-electron chi connectivity index (χ0n) is 9.71. The molecule has 1 atom stereocenters. The van der Waals surface area contributed by atoms with E-state index in [0.717, 1.165) is 23.0 Å². The minimum absolute atomic E-state index is 0.215. The molecular formula is C12H18BrFN2. The van der Waals surface area contributed by atoms with Crippen LogP contribution in [0.5, 0.6) is 0 Å². The fraction of sp³-hybridized carbons (Fsp3) is 0.500.